The fourth-order valence-corrected chi connectivity index (χ4v) is 4.13. The summed E-state index contributed by atoms with van der Waals surface area (Å²) < 4.78 is 28.8. The fourth-order valence-electron chi connectivity index (χ4n) is 2.88. The molecule has 0 aliphatic rings. The lowest BCUT2D eigenvalue weighted by Gasteiger charge is -2.11. The molecule has 0 spiro atoms. The van der Waals surface area contributed by atoms with Crippen molar-refractivity contribution in [1.82, 2.24) is 10.3 Å². The third kappa shape index (κ3) is 3.40. The van der Waals surface area contributed by atoms with E-state index in [0.29, 0.717) is 12.2 Å². The van der Waals surface area contributed by atoms with E-state index in [1.165, 1.54) is 23.6 Å². The second kappa shape index (κ2) is 7.80. The molecule has 0 saturated carbocycles. The lowest BCUT2D eigenvalue weighted by Crippen LogP contribution is -2.10. The maximum atomic E-state index is 14.1. The highest BCUT2D eigenvalue weighted by Crippen LogP contribution is 2.39. The minimum atomic E-state index is -0.541. The fraction of sp³-hybridized carbons (Fsp3) is 0.211. The molecule has 3 rings (SSSR count). The molecular weight excluding hydrogens is 354 g/mol. The Labute approximate surface area is 154 Å². The maximum absolute atomic E-state index is 14.1. The highest BCUT2D eigenvalue weighted by atomic mass is 32.1. The summed E-state index contributed by atoms with van der Waals surface area (Å²) in [5.41, 5.74) is 8.19. The van der Waals surface area contributed by atoms with E-state index in [2.05, 4.69) is 15.6 Å². The zero-order valence-corrected chi connectivity index (χ0v) is 15.4. The first-order chi connectivity index (χ1) is 12.6. The number of halogens is 2. The highest BCUT2D eigenvalue weighted by Gasteiger charge is 2.15. The van der Waals surface area contributed by atoms with Gasteiger partial charge in [-0.1, -0.05) is 18.2 Å². The first-order valence-corrected chi connectivity index (χ1v) is 9.09. The van der Waals surface area contributed by atoms with E-state index in [1.807, 2.05) is 31.2 Å². The van der Waals surface area contributed by atoms with Crippen LogP contribution in [-0.2, 0) is 0 Å². The number of thiophene rings is 1. The second-order valence-electron chi connectivity index (χ2n) is 5.65. The topological polar surface area (TPSA) is 63.0 Å². The molecule has 0 saturated heterocycles. The van der Waals surface area contributed by atoms with Gasteiger partial charge in [0.05, 0.1) is 22.5 Å². The molecule has 1 aromatic carbocycles. The van der Waals surface area contributed by atoms with Gasteiger partial charge in [0.25, 0.3) is 0 Å². The summed E-state index contributed by atoms with van der Waals surface area (Å²) >= 11 is 1.44. The molecule has 136 valence electrons. The summed E-state index contributed by atoms with van der Waals surface area (Å²) in [6.45, 7) is 2.49. The van der Waals surface area contributed by atoms with Crippen LogP contribution in [0.25, 0.3) is 26.9 Å². The lowest BCUT2D eigenvalue weighted by atomic mass is 10.0. The Morgan fingerprint density at radius 1 is 1.27 bits per heavy atom. The molecule has 0 amide bonds. The molecule has 0 bridgehead atoms. The summed E-state index contributed by atoms with van der Waals surface area (Å²) in [5, 5.41) is 7.05. The number of nitrogens with two attached hydrogens (primary N) is 1. The van der Waals surface area contributed by atoms with Crippen molar-refractivity contribution in [2.75, 3.05) is 25.5 Å². The van der Waals surface area contributed by atoms with E-state index in [-0.39, 0.29) is 6.54 Å². The number of hydrogen-bond acceptors (Lipinski definition) is 5. The van der Waals surface area contributed by atoms with Gasteiger partial charge in [-0.25, -0.2) is 9.37 Å². The van der Waals surface area contributed by atoms with E-state index < -0.39 is 11.8 Å². The number of nitrogens with zero attached hydrogens (tertiary/aromatic N) is 1. The zero-order valence-electron chi connectivity index (χ0n) is 14.6. The van der Waals surface area contributed by atoms with E-state index in [4.69, 9.17) is 5.73 Å². The van der Waals surface area contributed by atoms with Crippen molar-refractivity contribution in [1.29, 1.82) is 0 Å². The van der Waals surface area contributed by atoms with Crippen LogP contribution in [0.1, 0.15) is 11.8 Å². The standard InChI is InChI=1S/C19H20F2N4S/c1-3-24-15-10-25-17(21)8-13(15)12-6-4-5-11-7-16(26-19(11)12)18(23-2)14(20)9-22/h4-8,10,23-24H,3,9,22H2,1-2H3/b18-14+. The highest BCUT2D eigenvalue weighted by molar-refractivity contribution is 7.20. The van der Waals surface area contributed by atoms with Crippen molar-refractivity contribution >= 4 is 32.8 Å². The van der Waals surface area contributed by atoms with Crippen molar-refractivity contribution in [3.05, 3.63) is 53.2 Å². The van der Waals surface area contributed by atoms with Gasteiger partial charge in [0.1, 0.15) is 5.83 Å². The number of fused-ring (bicyclic) bond motifs is 1. The second-order valence-corrected chi connectivity index (χ2v) is 6.70. The molecule has 0 fully saturated rings. The Morgan fingerprint density at radius 3 is 2.77 bits per heavy atom. The third-order valence-electron chi connectivity index (χ3n) is 4.02. The van der Waals surface area contributed by atoms with Crippen molar-refractivity contribution in [2.24, 2.45) is 5.73 Å². The number of benzene rings is 1. The normalized spacial score (nSPS) is 12.2. The zero-order chi connectivity index (χ0) is 18.7. The molecule has 7 heteroatoms. The van der Waals surface area contributed by atoms with Gasteiger partial charge in [0.15, 0.2) is 0 Å². The van der Waals surface area contributed by atoms with Gasteiger partial charge >= 0.3 is 0 Å². The van der Waals surface area contributed by atoms with E-state index in [1.54, 1.807) is 7.05 Å². The maximum Gasteiger partial charge on any atom is 0.213 e. The van der Waals surface area contributed by atoms with Gasteiger partial charge in [-0.15, -0.1) is 11.3 Å². The van der Waals surface area contributed by atoms with Crippen LogP contribution in [0.4, 0.5) is 14.5 Å². The van der Waals surface area contributed by atoms with Crippen LogP contribution in [0.15, 0.2) is 42.4 Å². The molecule has 2 heterocycles. The largest absolute Gasteiger partial charge is 0.385 e. The van der Waals surface area contributed by atoms with Gasteiger partial charge in [0, 0.05) is 42.0 Å². The SMILES string of the molecule is CCNc1cnc(F)cc1-c1cccc2cc(/C(NC)=C(\F)CN)sc12. The minimum Gasteiger partial charge on any atom is -0.385 e. The Hall–Kier alpha value is -2.51. The predicted molar refractivity (Wildman–Crippen MR) is 105 cm³/mol. The molecular formula is C19H20F2N4S. The minimum absolute atomic E-state index is 0.169. The number of pyridine rings is 1. The number of nitrogens with one attached hydrogen (secondary N) is 2. The molecule has 0 aliphatic heterocycles. The van der Waals surface area contributed by atoms with Gasteiger partial charge in [-0.05, 0) is 18.4 Å². The summed E-state index contributed by atoms with van der Waals surface area (Å²) in [6.07, 6.45) is 1.49. The Kier molecular flexibility index (Phi) is 5.49. The van der Waals surface area contributed by atoms with Crippen molar-refractivity contribution in [3.8, 4) is 11.1 Å². The van der Waals surface area contributed by atoms with Gasteiger partial charge in [-0.3, -0.25) is 0 Å². The molecule has 3 aromatic rings. The van der Waals surface area contributed by atoms with E-state index in [0.717, 1.165) is 31.8 Å². The number of anilines is 1. The first kappa shape index (κ1) is 18.3. The molecule has 2 aromatic heterocycles. The van der Waals surface area contributed by atoms with Crippen LogP contribution in [0.5, 0.6) is 0 Å². The summed E-state index contributed by atoms with van der Waals surface area (Å²) in [5.74, 6) is -0.940. The molecule has 0 atom stereocenters. The van der Waals surface area contributed by atoms with E-state index in [9.17, 15) is 8.78 Å². The van der Waals surface area contributed by atoms with Crippen LogP contribution >= 0.6 is 11.3 Å². The average Bonchev–Trinajstić information content (AvgIpc) is 3.07. The molecule has 4 N–H and O–H groups in total. The van der Waals surface area contributed by atoms with Gasteiger partial charge in [-0.2, -0.15) is 4.39 Å². The Morgan fingerprint density at radius 2 is 2.08 bits per heavy atom. The Balaban J connectivity index is 2.22. The number of hydrogen-bond donors (Lipinski definition) is 3. The van der Waals surface area contributed by atoms with Crippen molar-refractivity contribution in [3.63, 3.8) is 0 Å². The summed E-state index contributed by atoms with van der Waals surface area (Å²) in [7, 11) is 1.66. The number of rotatable bonds is 6. The number of aromatic nitrogens is 1. The third-order valence-corrected chi connectivity index (χ3v) is 5.22. The predicted octanol–water partition coefficient (Wildman–Crippen LogP) is 4.35. The Bertz CT molecular complexity index is 965. The van der Waals surface area contributed by atoms with Crippen LogP contribution in [0, 0.1) is 5.95 Å². The van der Waals surface area contributed by atoms with Crippen LogP contribution < -0.4 is 16.4 Å². The smallest absolute Gasteiger partial charge is 0.213 e. The van der Waals surface area contributed by atoms with Crippen molar-refractivity contribution < 1.29 is 8.78 Å². The van der Waals surface area contributed by atoms with Crippen LogP contribution in [0.3, 0.4) is 0 Å². The first-order valence-electron chi connectivity index (χ1n) is 8.28. The van der Waals surface area contributed by atoms with Crippen LogP contribution in [-0.4, -0.2) is 25.1 Å². The average molecular weight is 374 g/mol. The molecule has 0 radical (unpaired) electrons. The summed E-state index contributed by atoms with van der Waals surface area (Å²) in [6, 6.07) is 9.12. The summed E-state index contributed by atoms with van der Waals surface area (Å²) in [4.78, 5) is 4.49. The van der Waals surface area contributed by atoms with Gasteiger partial charge in [0.2, 0.25) is 5.95 Å². The van der Waals surface area contributed by atoms with E-state index >= 15 is 0 Å². The molecule has 0 aliphatic carbocycles. The van der Waals surface area contributed by atoms with Crippen molar-refractivity contribution in [2.45, 2.75) is 6.92 Å². The molecule has 0 unspecified atom stereocenters. The van der Waals surface area contributed by atoms with Gasteiger partial charge < -0.3 is 16.4 Å². The van der Waals surface area contributed by atoms with Crippen LogP contribution in [0.2, 0.25) is 0 Å². The molecule has 4 nitrogen and oxygen atoms in total. The quantitative estimate of drug-likeness (QED) is 0.561. The monoisotopic (exact) mass is 374 g/mol. The lowest BCUT2D eigenvalue weighted by molar-refractivity contribution is 0.584. The molecule has 26 heavy (non-hydrogen) atoms.